The Morgan fingerprint density at radius 1 is 1.23 bits per heavy atom. The summed E-state index contributed by atoms with van der Waals surface area (Å²) in [7, 11) is 0. The molecule has 2 aromatic rings. The van der Waals surface area contributed by atoms with Gasteiger partial charge in [0.1, 0.15) is 5.82 Å². The van der Waals surface area contributed by atoms with Crippen LogP contribution >= 0.6 is 23.2 Å². The topological polar surface area (TPSA) is 62.3 Å². The first-order chi connectivity index (χ1) is 12.5. The number of nitrogens with zero attached hydrogens (tertiary/aromatic N) is 2. The van der Waals surface area contributed by atoms with Crippen LogP contribution in [0, 0.1) is 5.92 Å². The molecular formula is C19H21Cl2N3O2. The van der Waals surface area contributed by atoms with Crippen molar-refractivity contribution in [1.82, 2.24) is 9.88 Å². The number of hydrogen-bond acceptors (Lipinski definition) is 3. The predicted molar refractivity (Wildman–Crippen MR) is 105 cm³/mol. The SMILES string of the molecule is CCCC(=O)N1CCC(C(=O)Nc2ccc3c(Cl)cc(Cl)cc3n2)CC1. The van der Waals surface area contributed by atoms with Crippen molar-refractivity contribution < 1.29 is 9.59 Å². The first kappa shape index (κ1) is 18.9. The van der Waals surface area contributed by atoms with Gasteiger partial charge in [-0.15, -0.1) is 0 Å². The molecule has 0 saturated carbocycles. The Kier molecular flexibility index (Phi) is 5.99. The minimum absolute atomic E-state index is 0.0624. The number of hydrogen-bond donors (Lipinski definition) is 1. The van der Waals surface area contributed by atoms with Crippen molar-refractivity contribution in [2.75, 3.05) is 18.4 Å². The molecule has 0 radical (unpaired) electrons. The molecular weight excluding hydrogens is 373 g/mol. The molecule has 1 aliphatic heterocycles. The molecule has 0 aliphatic carbocycles. The first-order valence-corrected chi connectivity index (χ1v) is 9.58. The van der Waals surface area contributed by atoms with Gasteiger partial charge in [-0.3, -0.25) is 9.59 Å². The molecule has 138 valence electrons. The maximum absolute atomic E-state index is 12.5. The summed E-state index contributed by atoms with van der Waals surface area (Å²) in [5.41, 5.74) is 0.639. The molecule has 2 amide bonds. The lowest BCUT2D eigenvalue weighted by atomic mass is 9.95. The third kappa shape index (κ3) is 4.27. The summed E-state index contributed by atoms with van der Waals surface area (Å²) in [6.45, 7) is 3.26. The minimum Gasteiger partial charge on any atom is -0.343 e. The number of fused-ring (bicyclic) bond motifs is 1. The van der Waals surface area contributed by atoms with Crippen LogP contribution in [-0.4, -0.2) is 34.8 Å². The van der Waals surface area contributed by atoms with Crippen LogP contribution in [0.3, 0.4) is 0 Å². The maximum atomic E-state index is 12.5. The second kappa shape index (κ2) is 8.23. The molecule has 0 unspecified atom stereocenters. The van der Waals surface area contributed by atoms with E-state index in [9.17, 15) is 9.59 Å². The summed E-state index contributed by atoms with van der Waals surface area (Å²) >= 11 is 12.2. The van der Waals surface area contributed by atoms with Gasteiger partial charge in [-0.25, -0.2) is 4.98 Å². The van der Waals surface area contributed by atoms with Gasteiger partial charge in [0, 0.05) is 35.8 Å². The Morgan fingerprint density at radius 2 is 1.96 bits per heavy atom. The van der Waals surface area contributed by atoms with Crippen LogP contribution in [0.4, 0.5) is 5.82 Å². The zero-order chi connectivity index (χ0) is 18.7. The van der Waals surface area contributed by atoms with E-state index in [2.05, 4.69) is 10.3 Å². The van der Waals surface area contributed by atoms with Crippen molar-refractivity contribution in [1.29, 1.82) is 0 Å². The molecule has 0 bridgehead atoms. The van der Waals surface area contributed by atoms with E-state index in [4.69, 9.17) is 23.2 Å². The van der Waals surface area contributed by atoms with Gasteiger partial charge in [-0.1, -0.05) is 30.1 Å². The Labute approximate surface area is 162 Å². The molecule has 5 nitrogen and oxygen atoms in total. The smallest absolute Gasteiger partial charge is 0.228 e. The van der Waals surface area contributed by atoms with Gasteiger partial charge in [0.25, 0.3) is 0 Å². The fraction of sp³-hybridized carbons (Fsp3) is 0.421. The number of amides is 2. The molecule has 1 aromatic heterocycles. The predicted octanol–water partition coefficient (Wildman–Crippen LogP) is 4.52. The van der Waals surface area contributed by atoms with E-state index < -0.39 is 0 Å². The number of pyridine rings is 1. The van der Waals surface area contributed by atoms with Crippen LogP contribution in [0.2, 0.25) is 10.0 Å². The van der Waals surface area contributed by atoms with Crippen molar-refractivity contribution in [3.63, 3.8) is 0 Å². The third-order valence-corrected chi connectivity index (χ3v) is 5.19. The van der Waals surface area contributed by atoms with E-state index >= 15 is 0 Å². The summed E-state index contributed by atoms with van der Waals surface area (Å²) in [5, 5.41) is 4.69. The molecule has 1 aliphatic rings. The summed E-state index contributed by atoms with van der Waals surface area (Å²) in [6.07, 6.45) is 2.77. The average Bonchev–Trinajstić information content (AvgIpc) is 2.61. The number of nitrogens with one attached hydrogen (secondary N) is 1. The zero-order valence-corrected chi connectivity index (χ0v) is 16.1. The van der Waals surface area contributed by atoms with E-state index in [0.29, 0.717) is 53.7 Å². The molecule has 1 N–H and O–H groups in total. The maximum Gasteiger partial charge on any atom is 0.228 e. The van der Waals surface area contributed by atoms with Crippen LogP contribution < -0.4 is 5.32 Å². The first-order valence-electron chi connectivity index (χ1n) is 8.82. The van der Waals surface area contributed by atoms with Gasteiger partial charge < -0.3 is 10.2 Å². The number of benzene rings is 1. The van der Waals surface area contributed by atoms with Crippen molar-refractivity contribution in [3.05, 3.63) is 34.3 Å². The second-order valence-electron chi connectivity index (χ2n) is 6.55. The van der Waals surface area contributed by atoms with Crippen LogP contribution in [0.15, 0.2) is 24.3 Å². The number of rotatable bonds is 4. The lowest BCUT2D eigenvalue weighted by Gasteiger charge is -2.31. The van der Waals surface area contributed by atoms with Crippen LogP contribution in [0.5, 0.6) is 0 Å². The lowest BCUT2D eigenvalue weighted by molar-refractivity contribution is -0.134. The van der Waals surface area contributed by atoms with Crippen molar-refractivity contribution in [2.24, 2.45) is 5.92 Å². The molecule has 0 spiro atoms. The molecule has 2 heterocycles. The van der Waals surface area contributed by atoms with Gasteiger partial charge >= 0.3 is 0 Å². The van der Waals surface area contributed by atoms with E-state index in [1.807, 2.05) is 17.9 Å². The Hall–Kier alpha value is -1.85. The van der Waals surface area contributed by atoms with Crippen LogP contribution in [0.1, 0.15) is 32.6 Å². The molecule has 1 fully saturated rings. The highest BCUT2D eigenvalue weighted by Crippen LogP contribution is 2.28. The fourth-order valence-electron chi connectivity index (χ4n) is 3.22. The normalized spacial score (nSPS) is 15.3. The summed E-state index contributed by atoms with van der Waals surface area (Å²) in [4.78, 5) is 30.8. The number of carbonyl (C=O) groups excluding carboxylic acids is 2. The molecule has 3 rings (SSSR count). The third-order valence-electron chi connectivity index (χ3n) is 4.65. The Bertz CT molecular complexity index is 833. The molecule has 0 atom stereocenters. The number of aromatic nitrogens is 1. The average molecular weight is 394 g/mol. The Balaban J connectivity index is 1.64. The van der Waals surface area contributed by atoms with Gasteiger partial charge in [0.15, 0.2) is 0 Å². The molecule has 1 saturated heterocycles. The fourth-order valence-corrected chi connectivity index (χ4v) is 3.76. The summed E-state index contributed by atoms with van der Waals surface area (Å²) < 4.78 is 0. The van der Waals surface area contributed by atoms with E-state index in [1.165, 1.54) is 0 Å². The zero-order valence-electron chi connectivity index (χ0n) is 14.6. The summed E-state index contributed by atoms with van der Waals surface area (Å²) in [6, 6.07) is 6.94. The van der Waals surface area contributed by atoms with Crippen LogP contribution in [-0.2, 0) is 9.59 Å². The van der Waals surface area contributed by atoms with Crippen molar-refractivity contribution in [3.8, 4) is 0 Å². The van der Waals surface area contributed by atoms with E-state index in [0.717, 1.165) is 11.8 Å². The minimum atomic E-state index is -0.110. The van der Waals surface area contributed by atoms with E-state index in [-0.39, 0.29) is 17.7 Å². The number of piperidine rings is 1. The number of halogens is 2. The quantitative estimate of drug-likeness (QED) is 0.830. The molecule has 7 heteroatoms. The van der Waals surface area contributed by atoms with E-state index in [1.54, 1.807) is 18.2 Å². The lowest BCUT2D eigenvalue weighted by Crippen LogP contribution is -2.41. The molecule has 1 aromatic carbocycles. The Morgan fingerprint density at radius 3 is 2.65 bits per heavy atom. The number of anilines is 1. The highest BCUT2D eigenvalue weighted by Gasteiger charge is 2.27. The van der Waals surface area contributed by atoms with Crippen LogP contribution in [0.25, 0.3) is 10.9 Å². The highest BCUT2D eigenvalue weighted by molar-refractivity contribution is 6.38. The number of likely N-dealkylation sites (tertiary alicyclic amines) is 1. The summed E-state index contributed by atoms with van der Waals surface area (Å²) in [5.74, 6) is 0.482. The van der Waals surface area contributed by atoms with Crippen molar-refractivity contribution >= 4 is 51.7 Å². The van der Waals surface area contributed by atoms with Crippen molar-refractivity contribution in [2.45, 2.75) is 32.6 Å². The monoisotopic (exact) mass is 393 g/mol. The van der Waals surface area contributed by atoms with Gasteiger partial charge in [0.05, 0.1) is 10.5 Å². The number of carbonyl (C=O) groups is 2. The van der Waals surface area contributed by atoms with Gasteiger partial charge in [-0.2, -0.15) is 0 Å². The van der Waals surface area contributed by atoms with Gasteiger partial charge in [-0.05, 0) is 43.5 Å². The second-order valence-corrected chi connectivity index (χ2v) is 7.39. The largest absolute Gasteiger partial charge is 0.343 e. The van der Waals surface area contributed by atoms with Gasteiger partial charge in [0.2, 0.25) is 11.8 Å². The molecule has 26 heavy (non-hydrogen) atoms. The highest BCUT2D eigenvalue weighted by atomic mass is 35.5. The standard InChI is InChI=1S/C19H21Cl2N3O2/c1-2-3-18(25)24-8-6-12(7-9-24)19(26)23-17-5-4-14-15(21)10-13(20)11-16(14)22-17/h4-5,10-12H,2-3,6-9H2,1H3,(H,22,23,26).